The fraction of sp³-hybridized carbons (Fsp3) is 0.444. The van der Waals surface area contributed by atoms with Crippen molar-refractivity contribution in [2.24, 2.45) is 11.8 Å². The number of hydrogen-bond acceptors (Lipinski definition) is 5. The Bertz CT molecular complexity index is 832. The van der Waals surface area contributed by atoms with Crippen molar-refractivity contribution in [3.8, 4) is 5.75 Å². The SMILES string of the molecule is CCOC(=O)[C@H](Sc1ccc(OC)cc1)[C@H](CCc1ccccc1)/C(C)=C/[C@H](C)COC. The summed E-state index contributed by atoms with van der Waals surface area (Å²) in [5, 5.41) is -0.335. The summed E-state index contributed by atoms with van der Waals surface area (Å²) in [4.78, 5) is 14.1. The highest BCUT2D eigenvalue weighted by Gasteiger charge is 2.32. The van der Waals surface area contributed by atoms with Gasteiger partial charge in [0.15, 0.2) is 0 Å². The van der Waals surface area contributed by atoms with Crippen LogP contribution in [0, 0.1) is 11.8 Å². The number of rotatable bonds is 13. The zero-order chi connectivity index (χ0) is 23.3. The number of benzene rings is 2. The van der Waals surface area contributed by atoms with E-state index < -0.39 is 0 Å². The lowest BCUT2D eigenvalue weighted by molar-refractivity contribution is -0.143. The van der Waals surface area contributed by atoms with E-state index in [1.807, 2.05) is 37.3 Å². The largest absolute Gasteiger partial charge is 0.497 e. The van der Waals surface area contributed by atoms with Crippen molar-refractivity contribution in [2.45, 2.75) is 43.8 Å². The molecule has 0 saturated carbocycles. The number of ether oxygens (including phenoxy) is 3. The van der Waals surface area contributed by atoms with E-state index in [1.54, 1.807) is 26.0 Å². The first-order chi connectivity index (χ1) is 15.5. The molecule has 0 heterocycles. The summed E-state index contributed by atoms with van der Waals surface area (Å²) in [6.45, 7) is 7.14. The smallest absolute Gasteiger partial charge is 0.320 e. The van der Waals surface area contributed by atoms with Gasteiger partial charge in [0, 0.05) is 17.9 Å². The molecule has 0 aliphatic heterocycles. The predicted octanol–water partition coefficient (Wildman–Crippen LogP) is 6.20. The van der Waals surface area contributed by atoms with Crippen molar-refractivity contribution < 1.29 is 19.0 Å². The Balaban J connectivity index is 2.34. The van der Waals surface area contributed by atoms with E-state index in [0.717, 1.165) is 23.5 Å². The lowest BCUT2D eigenvalue weighted by Gasteiger charge is -2.27. The van der Waals surface area contributed by atoms with Gasteiger partial charge in [-0.2, -0.15) is 0 Å². The number of esters is 1. The predicted molar refractivity (Wildman–Crippen MR) is 132 cm³/mol. The number of hydrogen-bond donors (Lipinski definition) is 0. The maximum Gasteiger partial charge on any atom is 0.320 e. The molecule has 0 amide bonds. The number of carbonyl (C=O) groups is 1. The lowest BCUT2D eigenvalue weighted by Crippen LogP contribution is -2.30. The van der Waals surface area contributed by atoms with E-state index in [9.17, 15) is 4.79 Å². The van der Waals surface area contributed by atoms with Crippen LogP contribution in [0.3, 0.4) is 0 Å². The van der Waals surface area contributed by atoms with Crippen LogP contribution < -0.4 is 4.74 Å². The molecule has 0 bridgehead atoms. The quantitative estimate of drug-likeness (QED) is 0.204. The minimum Gasteiger partial charge on any atom is -0.497 e. The maximum atomic E-state index is 13.1. The Morgan fingerprint density at radius 3 is 2.34 bits per heavy atom. The normalized spacial score (nSPS) is 14.5. The number of aryl methyl sites for hydroxylation is 1. The van der Waals surface area contributed by atoms with Gasteiger partial charge in [-0.1, -0.05) is 48.9 Å². The third kappa shape index (κ3) is 8.36. The molecule has 2 rings (SSSR count). The number of carbonyl (C=O) groups excluding carboxylic acids is 1. The highest BCUT2D eigenvalue weighted by atomic mass is 32.2. The Morgan fingerprint density at radius 2 is 1.75 bits per heavy atom. The number of methoxy groups -OCH3 is 2. The molecule has 3 atom stereocenters. The molecule has 4 nitrogen and oxygen atoms in total. The summed E-state index contributed by atoms with van der Waals surface area (Å²) in [5.41, 5.74) is 2.47. The van der Waals surface area contributed by atoms with Crippen LogP contribution in [0.1, 0.15) is 32.8 Å². The van der Waals surface area contributed by atoms with Gasteiger partial charge in [-0.05, 0) is 62.4 Å². The monoisotopic (exact) mass is 456 g/mol. The summed E-state index contributed by atoms with van der Waals surface area (Å²) in [7, 11) is 3.37. The fourth-order valence-electron chi connectivity index (χ4n) is 3.79. The van der Waals surface area contributed by atoms with Crippen LogP contribution in [0.5, 0.6) is 5.75 Å². The van der Waals surface area contributed by atoms with E-state index in [4.69, 9.17) is 14.2 Å². The molecule has 2 aromatic carbocycles. The summed E-state index contributed by atoms with van der Waals surface area (Å²) in [6, 6.07) is 18.3. The molecule has 2 aromatic rings. The highest BCUT2D eigenvalue weighted by Crippen LogP contribution is 2.36. The van der Waals surface area contributed by atoms with Crippen molar-refractivity contribution in [2.75, 3.05) is 27.4 Å². The second-order valence-corrected chi connectivity index (χ2v) is 9.16. The third-order valence-electron chi connectivity index (χ3n) is 5.36. The molecule has 0 N–H and O–H groups in total. The Labute approximate surface area is 197 Å². The molecule has 0 unspecified atom stereocenters. The van der Waals surface area contributed by atoms with Crippen LogP contribution in [-0.4, -0.2) is 38.7 Å². The van der Waals surface area contributed by atoms with E-state index in [1.165, 1.54) is 11.1 Å². The van der Waals surface area contributed by atoms with Crippen molar-refractivity contribution >= 4 is 17.7 Å². The van der Waals surface area contributed by atoms with Crippen molar-refractivity contribution in [1.29, 1.82) is 0 Å². The van der Waals surface area contributed by atoms with Crippen molar-refractivity contribution in [1.82, 2.24) is 0 Å². The molecular formula is C27H36O4S. The zero-order valence-corrected chi connectivity index (χ0v) is 20.7. The second-order valence-electron chi connectivity index (χ2n) is 7.94. The molecule has 174 valence electrons. The van der Waals surface area contributed by atoms with E-state index in [-0.39, 0.29) is 23.1 Å². The highest BCUT2D eigenvalue weighted by molar-refractivity contribution is 8.00. The minimum absolute atomic E-state index is 0.0423. The van der Waals surface area contributed by atoms with E-state index in [0.29, 0.717) is 13.2 Å². The maximum absolute atomic E-state index is 13.1. The average molecular weight is 457 g/mol. The van der Waals surface area contributed by atoms with Crippen LogP contribution in [0.15, 0.2) is 71.1 Å². The van der Waals surface area contributed by atoms with Gasteiger partial charge in [-0.25, -0.2) is 0 Å². The van der Waals surface area contributed by atoms with Crippen LogP contribution in [0.25, 0.3) is 0 Å². The van der Waals surface area contributed by atoms with Crippen LogP contribution in [0.2, 0.25) is 0 Å². The molecule has 32 heavy (non-hydrogen) atoms. The summed E-state index contributed by atoms with van der Waals surface area (Å²) in [5.74, 6) is 0.944. The molecule has 0 aliphatic rings. The second kappa shape index (κ2) is 14.0. The van der Waals surface area contributed by atoms with Gasteiger partial charge in [0.25, 0.3) is 0 Å². The first-order valence-corrected chi connectivity index (χ1v) is 12.0. The fourth-order valence-corrected chi connectivity index (χ4v) is 5.05. The van der Waals surface area contributed by atoms with Crippen molar-refractivity contribution in [3.05, 3.63) is 71.8 Å². The van der Waals surface area contributed by atoms with Crippen molar-refractivity contribution in [3.63, 3.8) is 0 Å². The van der Waals surface area contributed by atoms with Crippen LogP contribution in [0.4, 0.5) is 0 Å². The van der Waals surface area contributed by atoms with Gasteiger partial charge >= 0.3 is 5.97 Å². The molecule has 0 saturated heterocycles. The van der Waals surface area contributed by atoms with Crippen LogP contribution in [-0.2, 0) is 20.7 Å². The molecule has 0 radical (unpaired) electrons. The summed E-state index contributed by atoms with van der Waals surface area (Å²) >= 11 is 1.57. The third-order valence-corrected chi connectivity index (χ3v) is 6.67. The minimum atomic E-state index is -0.335. The zero-order valence-electron chi connectivity index (χ0n) is 19.9. The molecule has 0 fully saturated rings. The van der Waals surface area contributed by atoms with E-state index in [2.05, 4.69) is 44.2 Å². The molecule has 5 heteroatoms. The number of thioether (sulfide) groups is 1. The lowest BCUT2D eigenvalue weighted by atomic mass is 9.88. The topological polar surface area (TPSA) is 44.8 Å². The number of allylic oxidation sites excluding steroid dienone is 1. The molecule has 0 aromatic heterocycles. The molecule has 0 aliphatic carbocycles. The summed E-state index contributed by atoms with van der Waals surface area (Å²) in [6.07, 6.45) is 3.99. The van der Waals surface area contributed by atoms with Gasteiger partial charge in [-0.15, -0.1) is 11.8 Å². The summed E-state index contributed by atoms with van der Waals surface area (Å²) < 4.78 is 16.1. The van der Waals surface area contributed by atoms with Gasteiger partial charge in [0.2, 0.25) is 0 Å². The Morgan fingerprint density at radius 1 is 1.06 bits per heavy atom. The molecular weight excluding hydrogens is 420 g/mol. The molecule has 0 spiro atoms. The Kier molecular flexibility index (Phi) is 11.4. The van der Waals surface area contributed by atoms with Gasteiger partial charge in [0.1, 0.15) is 11.0 Å². The van der Waals surface area contributed by atoms with E-state index >= 15 is 0 Å². The average Bonchev–Trinajstić information content (AvgIpc) is 2.79. The Hall–Kier alpha value is -2.24. The van der Waals surface area contributed by atoms with Gasteiger partial charge in [-0.3, -0.25) is 4.79 Å². The van der Waals surface area contributed by atoms with Gasteiger partial charge < -0.3 is 14.2 Å². The first kappa shape index (κ1) is 26.0. The van der Waals surface area contributed by atoms with Gasteiger partial charge in [0.05, 0.1) is 20.3 Å². The van der Waals surface area contributed by atoms with Crippen LogP contribution >= 0.6 is 11.8 Å². The standard InChI is InChI=1S/C27H36O4S/c1-6-31-27(28)26(32-24-15-13-23(30-5)14-16-24)25(21(3)18-20(2)19-29-4)17-12-22-10-8-7-9-11-22/h7-11,13-16,18,20,25-26H,6,12,17,19H2,1-5H3/b21-18+/t20-,25+,26+/m0/s1. The first-order valence-electron chi connectivity index (χ1n) is 11.2.